The number of nitrogens with one attached hydrogen (secondary N) is 1. The van der Waals surface area contributed by atoms with Crippen LogP contribution in [0, 0.1) is 5.92 Å². The minimum Gasteiger partial charge on any atom is -0.481 e. The Morgan fingerprint density at radius 1 is 1.32 bits per heavy atom. The summed E-state index contributed by atoms with van der Waals surface area (Å²) in [6.07, 6.45) is 1.76. The molecule has 132 valence electrons. The van der Waals surface area contributed by atoms with Crippen molar-refractivity contribution in [1.82, 2.24) is 20.1 Å². The van der Waals surface area contributed by atoms with Gasteiger partial charge in [-0.2, -0.15) is 5.10 Å². The van der Waals surface area contributed by atoms with Crippen molar-refractivity contribution in [2.45, 2.75) is 44.7 Å². The van der Waals surface area contributed by atoms with Crippen molar-refractivity contribution in [2.75, 3.05) is 0 Å². The monoisotopic (exact) mass is 342 g/mol. The molecule has 0 aliphatic heterocycles. The Kier molecular flexibility index (Phi) is 4.10. The van der Waals surface area contributed by atoms with E-state index in [4.69, 9.17) is 0 Å². The fourth-order valence-corrected chi connectivity index (χ4v) is 3.23. The predicted molar refractivity (Wildman–Crippen MR) is 90.7 cm³/mol. The van der Waals surface area contributed by atoms with E-state index in [1.807, 2.05) is 26.8 Å². The molecule has 1 amide bonds. The summed E-state index contributed by atoms with van der Waals surface area (Å²) in [4.78, 5) is 28.5. The van der Waals surface area contributed by atoms with Gasteiger partial charge in [0.1, 0.15) is 17.6 Å². The summed E-state index contributed by atoms with van der Waals surface area (Å²) in [5, 5.41) is 16.7. The Hall–Kier alpha value is -2.70. The number of carbonyl (C=O) groups is 2. The van der Waals surface area contributed by atoms with Crippen LogP contribution in [0.15, 0.2) is 36.7 Å². The maximum absolute atomic E-state index is 12.5. The van der Waals surface area contributed by atoms with E-state index in [0.29, 0.717) is 17.8 Å². The van der Waals surface area contributed by atoms with Crippen LogP contribution in [0.2, 0.25) is 0 Å². The number of amides is 1. The molecule has 2 atom stereocenters. The molecule has 0 bridgehead atoms. The zero-order valence-corrected chi connectivity index (χ0v) is 14.6. The largest absolute Gasteiger partial charge is 0.481 e. The van der Waals surface area contributed by atoms with E-state index >= 15 is 0 Å². The summed E-state index contributed by atoms with van der Waals surface area (Å²) in [7, 11) is 0. The van der Waals surface area contributed by atoms with Gasteiger partial charge in [-0.1, -0.05) is 30.3 Å². The molecule has 1 aliphatic carbocycles. The third-order valence-corrected chi connectivity index (χ3v) is 4.62. The number of carbonyl (C=O) groups excluding carboxylic acids is 1. The number of carboxylic acids is 1. The molecule has 3 rings (SSSR count). The molecule has 7 heteroatoms. The van der Waals surface area contributed by atoms with Crippen molar-refractivity contribution in [3.05, 3.63) is 48.0 Å². The van der Waals surface area contributed by atoms with E-state index in [1.54, 1.807) is 28.9 Å². The molecule has 0 unspecified atom stereocenters. The minimum atomic E-state index is -1.12. The predicted octanol–water partition coefficient (Wildman–Crippen LogP) is 1.69. The molecule has 1 fully saturated rings. The highest BCUT2D eigenvalue weighted by atomic mass is 16.4. The second-order valence-electron chi connectivity index (χ2n) is 7.38. The second-order valence-corrected chi connectivity index (χ2v) is 7.38. The molecule has 1 heterocycles. The molecular formula is C18H22N4O3. The zero-order valence-electron chi connectivity index (χ0n) is 14.6. The maximum Gasteiger partial charge on any atom is 0.314 e. The Morgan fingerprint density at radius 2 is 2.00 bits per heavy atom. The lowest BCUT2D eigenvalue weighted by Gasteiger charge is -2.21. The second kappa shape index (κ2) is 5.98. The van der Waals surface area contributed by atoms with Crippen LogP contribution in [0.25, 0.3) is 0 Å². The fourth-order valence-electron chi connectivity index (χ4n) is 3.23. The van der Waals surface area contributed by atoms with Crippen LogP contribution < -0.4 is 5.32 Å². The van der Waals surface area contributed by atoms with Gasteiger partial charge in [0.05, 0.1) is 18.0 Å². The van der Waals surface area contributed by atoms with Crippen LogP contribution in [0.4, 0.5) is 0 Å². The number of hydrogen-bond donors (Lipinski definition) is 2. The summed E-state index contributed by atoms with van der Waals surface area (Å²) < 4.78 is 1.75. The highest BCUT2D eigenvalue weighted by molar-refractivity contribution is 5.97. The molecule has 0 saturated heterocycles. The van der Waals surface area contributed by atoms with Gasteiger partial charge in [-0.15, -0.1) is 0 Å². The summed E-state index contributed by atoms with van der Waals surface area (Å²) in [5.41, 5.74) is -0.700. The fraction of sp³-hybridized carbons (Fsp3) is 0.444. The Balaban J connectivity index is 1.71. The van der Waals surface area contributed by atoms with E-state index in [2.05, 4.69) is 15.4 Å². The van der Waals surface area contributed by atoms with Crippen LogP contribution in [0.3, 0.4) is 0 Å². The van der Waals surface area contributed by atoms with Gasteiger partial charge in [-0.3, -0.25) is 9.59 Å². The molecule has 25 heavy (non-hydrogen) atoms. The summed E-state index contributed by atoms with van der Waals surface area (Å²) in [6, 6.07) is 8.93. The lowest BCUT2D eigenvalue weighted by molar-refractivity contribution is -0.141. The number of hydrogen-bond acceptors (Lipinski definition) is 4. The number of benzene rings is 1. The molecule has 1 aliphatic rings. The number of aromatic nitrogens is 3. The third kappa shape index (κ3) is 3.01. The average Bonchev–Trinajstić information content (AvgIpc) is 3.15. The normalized spacial score (nSPS) is 22.4. The summed E-state index contributed by atoms with van der Waals surface area (Å²) >= 11 is 0. The zero-order chi connectivity index (χ0) is 18.2. The standard InChI is InChI=1S/C18H22N4O3/c1-17(2,3)22-14(20-11-21-22)10-19-15(23)13-9-18(13,16(24)25)12-7-5-4-6-8-12/h4-8,11,13H,9-10H2,1-3H3,(H,19,23)(H,24,25)/t13-,18+/m0/s1. The Morgan fingerprint density at radius 3 is 2.60 bits per heavy atom. The lowest BCUT2D eigenvalue weighted by Crippen LogP contribution is -2.34. The number of nitrogens with zero attached hydrogens (tertiary/aromatic N) is 3. The Labute approximate surface area is 146 Å². The topological polar surface area (TPSA) is 97.1 Å². The highest BCUT2D eigenvalue weighted by Gasteiger charge is 2.65. The van der Waals surface area contributed by atoms with Gasteiger partial charge in [0.25, 0.3) is 0 Å². The van der Waals surface area contributed by atoms with Crippen LogP contribution in [0.5, 0.6) is 0 Å². The molecule has 7 nitrogen and oxygen atoms in total. The molecular weight excluding hydrogens is 320 g/mol. The molecule has 1 aromatic carbocycles. The first kappa shape index (κ1) is 17.1. The first-order valence-corrected chi connectivity index (χ1v) is 8.23. The summed E-state index contributed by atoms with van der Waals surface area (Å²) in [5.74, 6) is -1.16. The van der Waals surface area contributed by atoms with Crippen LogP contribution >= 0.6 is 0 Å². The minimum absolute atomic E-state index is 0.219. The molecule has 2 N–H and O–H groups in total. The van der Waals surface area contributed by atoms with Crippen LogP contribution in [0.1, 0.15) is 38.6 Å². The smallest absolute Gasteiger partial charge is 0.314 e. The number of rotatable bonds is 5. The van der Waals surface area contributed by atoms with Gasteiger partial charge in [0.2, 0.25) is 5.91 Å². The average molecular weight is 342 g/mol. The van der Waals surface area contributed by atoms with Crippen molar-refractivity contribution in [2.24, 2.45) is 5.92 Å². The lowest BCUT2D eigenvalue weighted by atomic mass is 9.93. The maximum atomic E-state index is 12.5. The van der Waals surface area contributed by atoms with Gasteiger partial charge < -0.3 is 10.4 Å². The van der Waals surface area contributed by atoms with Crippen molar-refractivity contribution in [1.29, 1.82) is 0 Å². The molecule has 1 saturated carbocycles. The van der Waals surface area contributed by atoms with Crippen molar-refractivity contribution < 1.29 is 14.7 Å². The van der Waals surface area contributed by atoms with Crippen molar-refractivity contribution in [3.63, 3.8) is 0 Å². The van der Waals surface area contributed by atoms with E-state index in [-0.39, 0.29) is 18.0 Å². The SMILES string of the molecule is CC(C)(C)n1ncnc1CNC(=O)[C@@H]1C[C@@]1(C(=O)O)c1ccccc1. The summed E-state index contributed by atoms with van der Waals surface area (Å²) in [6.45, 7) is 6.22. The third-order valence-electron chi connectivity index (χ3n) is 4.62. The van der Waals surface area contributed by atoms with Gasteiger partial charge in [-0.05, 0) is 32.8 Å². The first-order chi connectivity index (χ1) is 11.8. The highest BCUT2D eigenvalue weighted by Crippen LogP contribution is 2.54. The van der Waals surface area contributed by atoms with Gasteiger partial charge in [0.15, 0.2) is 0 Å². The molecule has 1 aromatic heterocycles. The van der Waals surface area contributed by atoms with Crippen molar-refractivity contribution >= 4 is 11.9 Å². The van der Waals surface area contributed by atoms with Gasteiger partial charge in [0, 0.05) is 0 Å². The number of carboxylic acid groups (broad SMARTS) is 1. The Bertz CT molecular complexity index is 794. The van der Waals surface area contributed by atoms with E-state index in [9.17, 15) is 14.7 Å². The van der Waals surface area contributed by atoms with Gasteiger partial charge in [-0.25, -0.2) is 9.67 Å². The van der Waals surface area contributed by atoms with E-state index in [1.165, 1.54) is 6.33 Å². The molecule has 0 spiro atoms. The van der Waals surface area contributed by atoms with E-state index < -0.39 is 17.3 Å². The quantitative estimate of drug-likeness (QED) is 0.862. The van der Waals surface area contributed by atoms with Crippen LogP contribution in [-0.4, -0.2) is 31.7 Å². The first-order valence-electron chi connectivity index (χ1n) is 8.23. The van der Waals surface area contributed by atoms with Gasteiger partial charge >= 0.3 is 5.97 Å². The van der Waals surface area contributed by atoms with E-state index in [0.717, 1.165) is 0 Å². The number of aliphatic carboxylic acids is 1. The van der Waals surface area contributed by atoms with Crippen molar-refractivity contribution in [3.8, 4) is 0 Å². The molecule has 2 aromatic rings. The molecule has 0 radical (unpaired) electrons. The van der Waals surface area contributed by atoms with Crippen LogP contribution in [-0.2, 0) is 27.1 Å².